The predicted octanol–water partition coefficient (Wildman–Crippen LogP) is 1.50. The highest BCUT2D eigenvalue weighted by Crippen LogP contribution is 2.21. The van der Waals surface area contributed by atoms with E-state index >= 15 is 0 Å². The largest absolute Gasteiger partial charge is 0.378 e. The first-order chi connectivity index (χ1) is 11.2. The topological polar surface area (TPSA) is 45.7 Å². The highest BCUT2D eigenvalue weighted by Gasteiger charge is 2.24. The van der Waals surface area contributed by atoms with Crippen molar-refractivity contribution in [3.05, 3.63) is 29.6 Å². The number of ether oxygens (including phenoxy) is 1. The van der Waals surface area contributed by atoms with Gasteiger partial charge in [-0.25, -0.2) is 0 Å². The quantitative estimate of drug-likeness (QED) is 0.844. The van der Waals surface area contributed by atoms with E-state index < -0.39 is 0 Å². The van der Waals surface area contributed by atoms with Crippen molar-refractivity contribution in [2.45, 2.75) is 26.2 Å². The molecule has 1 aromatic rings. The zero-order valence-electron chi connectivity index (χ0n) is 14.0. The number of aryl methyl sites for hydroxylation is 1. The van der Waals surface area contributed by atoms with E-state index in [-0.39, 0.29) is 5.91 Å². The molecule has 2 fully saturated rings. The Labute approximate surface area is 138 Å². The van der Waals surface area contributed by atoms with Gasteiger partial charge in [-0.2, -0.15) is 0 Å². The molecule has 0 unspecified atom stereocenters. The molecule has 3 heterocycles. The number of morpholine rings is 1. The molecule has 0 spiro atoms. The van der Waals surface area contributed by atoms with Gasteiger partial charge in [0.05, 0.1) is 19.8 Å². The SMILES string of the molecule is Cc1cc(CC2CCN(CC(=O)N3CCOCC3)CC2)ccn1. The van der Waals surface area contributed by atoms with Crippen molar-refractivity contribution < 1.29 is 9.53 Å². The molecule has 0 bridgehead atoms. The molecule has 126 valence electrons. The summed E-state index contributed by atoms with van der Waals surface area (Å²) in [7, 11) is 0. The third kappa shape index (κ3) is 4.75. The second-order valence-corrected chi connectivity index (χ2v) is 6.72. The van der Waals surface area contributed by atoms with Crippen LogP contribution in [0.25, 0.3) is 0 Å². The van der Waals surface area contributed by atoms with Crippen LogP contribution in [0.4, 0.5) is 0 Å². The first kappa shape index (κ1) is 16.4. The Morgan fingerprint density at radius 1 is 1.26 bits per heavy atom. The van der Waals surface area contributed by atoms with E-state index in [1.165, 1.54) is 18.4 Å². The number of hydrogen-bond donors (Lipinski definition) is 0. The highest BCUT2D eigenvalue weighted by molar-refractivity contribution is 5.78. The summed E-state index contributed by atoms with van der Waals surface area (Å²) in [6.45, 7) is 7.53. The van der Waals surface area contributed by atoms with Crippen molar-refractivity contribution in [1.82, 2.24) is 14.8 Å². The number of hydrogen-bond acceptors (Lipinski definition) is 4. The highest BCUT2D eigenvalue weighted by atomic mass is 16.5. The lowest BCUT2D eigenvalue weighted by Crippen LogP contribution is -2.47. The minimum absolute atomic E-state index is 0.261. The third-order valence-electron chi connectivity index (χ3n) is 4.92. The lowest BCUT2D eigenvalue weighted by molar-refractivity contribution is -0.136. The summed E-state index contributed by atoms with van der Waals surface area (Å²) in [6.07, 6.45) is 5.39. The smallest absolute Gasteiger partial charge is 0.236 e. The van der Waals surface area contributed by atoms with Crippen LogP contribution in [-0.2, 0) is 16.0 Å². The molecule has 0 N–H and O–H groups in total. The molecule has 0 radical (unpaired) electrons. The molecule has 3 rings (SSSR count). The molecule has 1 amide bonds. The predicted molar refractivity (Wildman–Crippen MR) is 89.2 cm³/mol. The van der Waals surface area contributed by atoms with Crippen molar-refractivity contribution >= 4 is 5.91 Å². The van der Waals surface area contributed by atoms with Gasteiger partial charge >= 0.3 is 0 Å². The van der Waals surface area contributed by atoms with Crippen LogP contribution in [0.5, 0.6) is 0 Å². The molecule has 1 aromatic heterocycles. The zero-order valence-corrected chi connectivity index (χ0v) is 14.0. The van der Waals surface area contributed by atoms with Crippen LogP contribution in [0.15, 0.2) is 18.3 Å². The van der Waals surface area contributed by atoms with E-state index in [0.29, 0.717) is 19.8 Å². The Kier molecular flexibility index (Phi) is 5.62. The second kappa shape index (κ2) is 7.88. The number of piperidine rings is 1. The average Bonchev–Trinajstić information content (AvgIpc) is 2.57. The van der Waals surface area contributed by atoms with Crippen molar-refractivity contribution in [1.29, 1.82) is 0 Å². The molecule has 23 heavy (non-hydrogen) atoms. The van der Waals surface area contributed by atoms with Gasteiger partial charge in [0.1, 0.15) is 0 Å². The monoisotopic (exact) mass is 317 g/mol. The number of amides is 1. The van der Waals surface area contributed by atoms with Crippen LogP contribution >= 0.6 is 0 Å². The first-order valence-corrected chi connectivity index (χ1v) is 8.70. The molecular weight excluding hydrogens is 290 g/mol. The summed E-state index contributed by atoms with van der Waals surface area (Å²) in [5.41, 5.74) is 2.48. The number of carbonyl (C=O) groups is 1. The van der Waals surface area contributed by atoms with E-state index in [2.05, 4.69) is 22.0 Å². The van der Waals surface area contributed by atoms with Gasteiger partial charge in [0.25, 0.3) is 0 Å². The maximum absolute atomic E-state index is 12.3. The van der Waals surface area contributed by atoms with E-state index in [4.69, 9.17) is 4.74 Å². The Morgan fingerprint density at radius 2 is 2.00 bits per heavy atom. The molecule has 5 heteroatoms. The summed E-state index contributed by atoms with van der Waals surface area (Å²) in [4.78, 5) is 20.8. The van der Waals surface area contributed by atoms with Crippen molar-refractivity contribution in [2.75, 3.05) is 45.9 Å². The van der Waals surface area contributed by atoms with Gasteiger partial charge in [-0.05, 0) is 62.9 Å². The van der Waals surface area contributed by atoms with E-state index in [0.717, 1.165) is 44.2 Å². The van der Waals surface area contributed by atoms with E-state index in [1.807, 2.05) is 18.0 Å². The number of pyridine rings is 1. The van der Waals surface area contributed by atoms with E-state index in [9.17, 15) is 4.79 Å². The fraction of sp³-hybridized carbons (Fsp3) is 0.667. The minimum atomic E-state index is 0.261. The third-order valence-corrected chi connectivity index (χ3v) is 4.92. The summed E-state index contributed by atoms with van der Waals surface area (Å²) in [5.74, 6) is 0.989. The van der Waals surface area contributed by atoms with Crippen LogP contribution in [0.2, 0.25) is 0 Å². The first-order valence-electron chi connectivity index (χ1n) is 8.70. The van der Waals surface area contributed by atoms with Gasteiger partial charge in [-0.1, -0.05) is 0 Å². The molecule has 0 aromatic carbocycles. The van der Waals surface area contributed by atoms with Crippen molar-refractivity contribution in [3.63, 3.8) is 0 Å². The molecule has 2 aliphatic rings. The van der Waals surface area contributed by atoms with Crippen LogP contribution in [0.3, 0.4) is 0 Å². The minimum Gasteiger partial charge on any atom is -0.378 e. The van der Waals surface area contributed by atoms with Crippen molar-refractivity contribution in [3.8, 4) is 0 Å². The molecule has 5 nitrogen and oxygen atoms in total. The second-order valence-electron chi connectivity index (χ2n) is 6.72. The molecule has 0 atom stereocenters. The van der Waals surface area contributed by atoms with Gasteiger partial charge in [0, 0.05) is 25.0 Å². The standard InChI is InChI=1S/C18H27N3O2/c1-15-12-17(2-5-19-15)13-16-3-6-20(7-4-16)14-18(22)21-8-10-23-11-9-21/h2,5,12,16H,3-4,6-11,13-14H2,1H3. The number of nitrogens with zero attached hydrogens (tertiary/aromatic N) is 3. The lowest BCUT2D eigenvalue weighted by Gasteiger charge is -2.34. The molecule has 0 aliphatic carbocycles. The van der Waals surface area contributed by atoms with Crippen LogP contribution in [-0.4, -0.2) is 66.6 Å². The lowest BCUT2D eigenvalue weighted by atomic mass is 9.90. The van der Waals surface area contributed by atoms with Gasteiger partial charge < -0.3 is 9.64 Å². The maximum Gasteiger partial charge on any atom is 0.236 e. The zero-order chi connectivity index (χ0) is 16.1. The number of rotatable bonds is 4. The summed E-state index contributed by atoms with van der Waals surface area (Å²) >= 11 is 0. The Hall–Kier alpha value is -1.46. The van der Waals surface area contributed by atoms with Gasteiger partial charge in [-0.15, -0.1) is 0 Å². The molecular formula is C18H27N3O2. The number of carbonyl (C=O) groups excluding carboxylic acids is 1. The Bertz CT molecular complexity index is 521. The van der Waals surface area contributed by atoms with Crippen LogP contribution in [0, 0.1) is 12.8 Å². The van der Waals surface area contributed by atoms with Gasteiger partial charge in [0.2, 0.25) is 5.91 Å². The molecule has 2 aliphatic heterocycles. The normalized spacial score (nSPS) is 20.7. The van der Waals surface area contributed by atoms with Crippen LogP contribution < -0.4 is 0 Å². The van der Waals surface area contributed by atoms with Gasteiger partial charge in [-0.3, -0.25) is 14.7 Å². The summed E-state index contributed by atoms with van der Waals surface area (Å²) < 4.78 is 5.31. The maximum atomic E-state index is 12.3. The van der Waals surface area contributed by atoms with E-state index in [1.54, 1.807) is 0 Å². The van der Waals surface area contributed by atoms with Gasteiger partial charge in [0.15, 0.2) is 0 Å². The Balaban J connectivity index is 1.42. The number of aromatic nitrogens is 1. The fourth-order valence-electron chi connectivity index (χ4n) is 3.52. The fourth-order valence-corrected chi connectivity index (χ4v) is 3.52. The Morgan fingerprint density at radius 3 is 2.70 bits per heavy atom. The number of likely N-dealkylation sites (tertiary alicyclic amines) is 1. The molecule has 0 saturated carbocycles. The van der Waals surface area contributed by atoms with Crippen LogP contribution in [0.1, 0.15) is 24.1 Å². The summed E-state index contributed by atoms with van der Waals surface area (Å²) in [5, 5.41) is 0. The summed E-state index contributed by atoms with van der Waals surface area (Å²) in [6, 6.07) is 4.32. The molecule has 2 saturated heterocycles. The average molecular weight is 317 g/mol. The van der Waals surface area contributed by atoms with Crippen molar-refractivity contribution in [2.24, 2.45) is 5.92 Å².